The van der Waals surface area contributed by atoms with Crippen LogP contribution >= 0.6 is 0 Å². The number of carbonyl (C=O) groups is 1. The summed E-state index contributed by atoms with van der Waals surface area (Å²) in [5, 5.41) is 19.8. The second-order valence-corrected chi connectivity index (χ2v) is 6.59. The molecule has 0 unspecified atom stereocenters. The summed E-state index contributed by atoms with van der Waals surface area (Å²) in [6.07, 6.45) is 6.65. The number of hydrogen-bond donors (Lipinski definition) is 3. The average molecular weight is 371 g/mol. The number of H-pyrrole nitrogens is 1. The summed E-state index contributed by atoms with van der Waals surface area (Å²) >= 11 is 0. The van der Waals surface area contributed by atoms with Crippen LogP contribution in [0.25, 0.3) is 0 Å². The maximum absolute atomic E-state index is 12.3. The maximum atomic E-state index is 12.3. The lowest BCUT2D eigenvalue weighted by atomic mass is 10.1. The van der Waals surface area contributed by atoms with E-state index in [-0.39, 0.29) is 22.9 Å². The Morgan fingerprint density at radius 1 is 1.15 bits per heavy atom. The molecular weight excluding hydrogens is 350 g/mol. The number of nitrogens with zero attached hydrogens (tertiary/aromatic N) is 2. The van der Waals surface area contributed by atoms with E-state index in [0.29, 0.717) is 0 Å². The zero-order valence-electron chi connectivity index (χ0n) is 14.7. The molecule has 1 aliphatic rings. The molecule has 8 heteroatoms. The zero-order chi connectivity index (χ0) is 19.4. The van der Waals surface area contributed by atoms with E-state index in [1.807, 2.05) is 0 Å². The molecular formula is C19H21N3O5. The largest absolute Gasteiger partial charge is 0.494 e. The molecule has 0 atom stereocenters. The highest BCUT2D eigenvalue weighted by atomic mass is 16.4. The van der Waals surface area contributed by atoms with Crippen molar-refractivity contribution in [3.05, 3.63) is 56.2 Å². The van der Waals surface area contributed by atoms with E-state index in [0.717, 1.165) is 44.7 Å². The molecule has 0 aliphatic heterocycles. The van der Waals surface area contributed by atoms with Gasteiger partial charge in [0.25, 0.3) is 5.56 Å². The van der Waals surface area contributed by atoms with E-state index in [4.69, 9.17) is 0 Å². The predicted molar refractivity (Wildman–Crippen MR) is 100 cm³/mol. The van der Waals surface area contributed by atoms with Crippen molar-refractivity contribution >= 4 is 17.9 Å². The summed E-state index contributed by atoms with van der Waals surface area (Å²) < 4.78 is 1.22. The van der Waals surface area contributed by atoms with Crippen molar-refractivity contribution in [2.24, 2.45) is 4.99 Å². The molecule has 8 nitrogen and oxygen atoms in total. The van der Waals surface area contributed by atoms with Crippen molar-refractivity contribution in [1.82, 2.24) is 9.55 Å². The second-order valence-electron chi connectivity index (χ2n) is 6.59. The molecule has 1 fully saturated rings. The molecule has 1 aromatic heterocycles. The third kappa shape index (κ3) is 3.99. The minimum Gasteiger partial charge on any atom is -0.494 e. The van der Waals surface area contributed by atoms with Crippen LogP contribution in [0.15, 0.2) is 38.8 Å². The summed E-state index contributed by atoms with van der Waals surface area (Å²) in [5.41, 5.74) is -1.46. The molecule has 3 rings (SSSR count). The summed E-state index contributed by atoms with van der Waals surface area (Å²) in [6, 6.07) is 5.89. The summed E-state index contributed by atoms with van der Waals surface area (Å²) in [6.45, 7) is 0. The fourth-order valence-corrected chi connectivity index (χ4v) is 3.42. The number of carboxylic acid groups (broad SMARTS) is 1. The van der Waals surface area contributed by atoms with Gasteiger partial charge in [0.05, 0.1) is 11.3 Å². The van der Waals surface area contributed by atoms with Gasteiger partial charge in [-0.15, -0.1) is 0 Å². The van der Waals surface area contributed by atoms with Crippen LogP contribution in [0, 0.1) is 0 Å². The number of carboxylic acids is 1. The van der Waals surface area contributed by atoms with Crippen LogP contribution in [-0.4, -0.2) is 31.9 Å². The van der Waals surface area contributed by atoms with Gasteiger partial charge in [0.1, 0.15) is 5.56 Å². The molecule has 3 N–H and O–H groups in total. The van der Waals surface area contributed by atoms with Gasteiger partial charge in [-0.2, -0.15) is 0 Å². The Balaban J connectivity index is 2.04. The summed E-state index contributed by atoms with van der Waals surface area (Å²) in [7, 11) is 0. The molecule has 0 saturated heterocycles. The van der Waals surface area contributed by atoms with Crippen LogP contribution in [0.4, 0.5) is 5.69 Å². The molecule has 1 aromatic carbocycles. The zero-order valence-corrected chi connectivity index (χ0v) is 14.7. The topological polar surface area (TPSA) is 125 Å². The second kappa shape index (κ2) is 8.03. The van der Waals surface area contributed by atoms with Gasteiger partial charge in [-0.1, -0.05) is 37.8 Å². The minimum atomic E-state index is -1.15. The highest BCUT2D eigenvalue weighted by Gasteiger charge is 2.21. The van der Waals surface area contributed by atoms with Crippen LogP contribution in [0.5, 0.6) is 5.88 Å². The first-order valence-corrected chi connectivity index (χ1v) is 8.93. The molecule has 0 bridgehead atoms. The van der Waals surface area contributed by atoms with E-state index >= 15 is 0 Å². The Morgan fingerprint density at radius 3 is 2.48 bits per heavy atom. The molecule has 1 heterocycles. The smallest absolute Gasteiger partial charge is 0.337 e. The molecule has 1 saturated carbocycles. The van der Waals surface area contributed by atoms with Crippen molar-refractivity contribution < 1.29 is 15.0 Å². The Kier molecular flexibility index (Phi) is 5.54. The van der Waals surface area contributed by atoms with Crippen molar-refractivity contribution in [1.29, 1.82) is 0 Å². The number of aromatic carboxylic acids is 1. The van der Waals surface area contributed by atoms with Crippen LogP contribution in [0.2, 0.25) is 0 Å². The van der Waals surface area contributed by atoms with Gasteiger partial charge >= 0.3 is 11.7 Å². The number of benzene rings is 1. The van der Waals surface area contributed by atoms with Gasteiger partial charge in [-0.05, 0) is 25.0 Å². The summed E-state index contributed by atoms with van der Waals surface area (Å²) in [4.78, 5) is 42.0. The predicted octanol–water partition coefficient (Wildman–Crippen LogP) is 2.59. The first-order valence-electron chi connectivity index (χ1n) is 8.93. The third-order valence-electron chi connectivity index (χ3n) is 4.81. The lowest BCUT2D eigenvalue weighted by Crippen LogP contribution is -2.34. The molecule has 0 amide bonds. The molecule has 1 aliphatic carbocycles. The van der Waals surface area contributed by atoms with E-state index in [1.54, 1.807) is 12.1 Å². The molecule has 0 spiro atoms. The monoisotopic (exact) mass is 371 g/mol. The van der Waals surface area contributed by atoms with Crippen molar-refractivity contribution in [3.63, 3.8) is 0 Å². The molecule has 2 aromatic rings. The Hall–Kier alpha value is -3.16. The quantitative estimate of drug-likeness (QED) is 0.563. The van der Waals surface area contributed by atoms with Crippen molar-refractivity contribution in [2.75, 3.05) is 0 Å². The normalized spacial score (nSPS) is 15.7. The third-order valence-corrected chi connectivity index (χ3v) is 4.81. The van der Waals surface area contributed by atoms with Crippen LogP contribution in [-0.2, 0) is 0 Å². The van der Waals surface area contributed by atoms with E-state index in [9.17, 15) is 24.6 Å². The fourth-order valence-electron chi connectivity index (χ4n) is 3.42. The number of aromatic hydroxyl groups is 1. The molecule has 27 heavy (non-hydrogen) atoms. The number of aromatic nitrogens is 2. The minimum absolute atomic E-state index is 0.0261. The maximum Gasteiger partial charge on any atom is 0.337 e. The number of hydrogen-bond acceptors (Lipinski definition) is 5. The average Bonchev–Trinajstić information content (AvgIpc) is 2.91. The standard InChI is InChI=1S/C19H21N3O5/c23-16-14(11-20-15-10-6-5-9-13(15)18(25)26)17(24)22(19(27)21-16)12-7-3-1-2-4-8-12/h5-6,9-12,24H,1-4,7-8H2,(H,25,26)(H,21,23,27). The highest BCUT2D eigenvalue weighted by molar-refractivity contribution is 5.95. The Morgan fingerprint density at radius 2 is 1.81 bits per heavy atom. The van der Waals surface area contributed by atoms with Gasteiger partial charge in [0.2, 0.25) is 5.88 Å². The van der Waals surface area contributed by atoms with Crippen LogP contribution < -0.4 is 11.2 Å². The van der Waals surface area contributed by atoms with Crippen LogP contribution in [0.1, 0.15) is 60.5 Å². The first kappa shape index (κ1) is 18.6. The van der Waals surface area contributed by atoms with Gasteiger partial charge in [0, 0.05) is 12.3 Å². The molecule has 0 radical (unpaired) electrons. The van der Waals surface area contributed by atoms with Gasteiger partial charge in [0.15, 0.2) is 0 Å². The number of nitrogens with one attached hydrogen (secondary N) is 1. The van der Waals surface area contributed by atoms with Crippen LogP contribution in [0.3, 0.4) is 0 Å². The highest BCUT2D eigenvalue weighted by Crippen LogP contribution is 2.29. The molecule has 142 valence electrons. The number of aliphatic imine (C=N–C) groups is 1. The number of para-hydroxylation sites is 1. The van der Waals surface area contributed by atoms with Crippen molar-refractivity contribution in [2.45, 2.75) is 44.6 Å². The van der Waals surface area contributed by atoms with Crippen molar-refractivity contribution in [3.8, 4) is 5.88 Å². The van der Waals surface area contributed by atoms with Gasteiger partial charge in [-0.25, -0.2) is 9.59 Å². The Labute approximate surface area is 154 Å². The van der Waals surface area contributed by atoms with E-state index in [2.05, 4.69) is 9.98 Å². The number of aromatic amines is 1. The fraction of sp³-hybridized carbons (Fsp3) is 0.368. The lowest BCUT2D eigenvalue weighted by molar-refractivity contribution is 0.0698. The van der Waals surface area contributed by atoms with Gasteiger partial charge in [-0.3, -0.25) is 19.3 Å². The van der Waals surface area contributed by atoms with E-state index < -0.39 is 23.1 Å². The first-order chi connectivity index (χ1) is 13.0. The number of rotatable bonds is 4. The lowest BCUT2D eigenvalue weighted by Gasteiger charge is -2.19. The Bertz CT molecular complexity index is 982. The SMILES string of the molecule is O=C(O)c1ccccc1N=Cc1c(O)n(C2CCCCCC2)c(=O)[nH]c1=O. The van der Waals surface area contributed by atoms with Gasteiger partial charge < -0.3 is 10.2 Å². The van der Waals surface area contributed by atoms with E-state index in [1.165, 1.54) is 16.7 Å². The summed E-state index contributed by atoms with van der Waals surface area (Å²) in [5.74, 6) is -1.59.